The maximum absolute atomic E-state index is 13.9. The Kier molecular flexibility index (Phi) is 6.62. The molecule has 4 fully saturated rings. The number of urea groups is 1. The van der Waals surface area contributed by atoms with Gasteiger partial charge in [-0.1, -0.05) is 6.07 Å². The molecule has 0 spiro atoms. The van der Waals surface area contributed by atoms with Crippen LogP contribution in [0.1, 0.15) is 56.6 Å². The quantitative estimate of drug-likeness (QED) is 0.325. The van der Waals surface area contributed by atoms with Crippen molar-refractivity contribution in [2.75, 3.05) is 20.3 Å². The molecule has 7 heteroatoms. The van der Waals surface area contributed by atoms with E-state index in [1.165, 1.54) is 19.3 Å². The van der Waals surface area contributed by atoms with Crippen LogP contribution in [0.5, 0.6) is 17.2 Å². The van der Waals surface area contributed by atoms with Gasteiger partial charge < -0.3 is 29.8 Å². The number of nitrogens with zero attached hydrogens (tertiary/aromatic N) is 1. The number of methoxy groups -OCH3 is 1. The highest BCUT2D eigenvalue weighted by molar-refractivity contribution is 5.84. The molecular formula is C31H39N3O4. The summed E-state index contributed by atoms with van der Waals surface area (Å²) >= 11 is 0. The van der Waals surface area contributed by atoms with Gasteiger partial charge in [-0.25, -0.2) is 4.79 Å². The first-order valence-electron chi connectivity index (χ1n) is 14.1. The van der Waals surface area contributed by atoms with Gasteiger partial charge in [0.05, 0.1) is 13.7 Å². The highest BCUT2D eigenvalue weighted by atomic mass is 16.5. The van der Waals surface area contributed by atoms with Gasteiger partial charge in [-0.05, 0) is 111 Å². The summed E-state index contributed by atoms with van der Waals surface area (Å²) in [6.45, 7) is 3.39. The third kappa shape index (κ3) is 4.91. The van der Waals surface area contributed by atoms with Gasteiger partial charge in [0.25, 0.3) is 0 Å². The van der Waals surface area contributed by atoms with E-state index in [1.54, 1.807) is 13.2 Å². The van der Waals surface area contributed by atoms with E-state index in [9.17, 15) is 9.90 Å². The molecule has 3 N–H and O–H groups in total. The van der Waals surface area contributed by atoms with Gasteiger partial charge in [0.2, 0.25) is 0 Å². The van der Waals surface area contributed by atoms with Crippen molar-refractivity contribution < 1.29 is 19.4 Å². The smallest absolute Gasteiger partial charge is 0.318 e. The van der Waals surface area contributed by atoms with Crippen LogP contribution in [0.3, 0.4) is 0 Å². The Labute approximate surface area is 224 Å². The molecule has 0 atom stereocenters. The molecule has 3 aromatic rings. The lowest BCUT2D eigenvalue weighted by atomic mass is 9.53. The van der Waals surface area contributed by atoms with Crippen molar-refractivity contribution in [1.29, 1.82) is 0 Å². The molecule has 4 aliphatic carbocycles. The molecule has 4 saturated carbocycles. The number of benzene rings is 2. The van der Waals surface area contributed by atoms with E-state index in [1.807, 2.05) is 42.3 Å². The van der Waals surface area contributed by atoms with Crippen molar-refractivity contribution in [2.24, 2.45) is 17.8 Å². The van der Waals surface area contributed by atoms with Crippen LogP contribution >= 0.6 is 0 Å². The maximum Gasteiger partial charge on any atom is 0.318 e. The summed E-state index contributed by atoms with van der Waals surface area (Å²) in [6, 6.07) is 11.4. The molecule has 7 nitrogen and oxygen atoms in total. The minimum atomic E-state index is -0.0519. The van der Waals surface area contributed by atoms with Crippen molar-refractivity contribution in [1.82, 2.24) is 15.2 Å². The van der Waals surface area contributed by atoms with E-state index in [4.69, 9.17) is 9.47 Å². The number of ether oxygens (including phenoxy) is 2. The molecule has 1 heterocycles. The van der Waals surface area contributed by atoms with E-state index in [-0.39, 0.29) is 17.3 Å². The Morgan fingerprint density at radius 2 is 1.84 bits per heavy atom. The molecule has 1 aromatic heterocycles. The average molecular weight is 518 g/mol. The summed E-state index contributed by atoms with van der Waals surface area (Å²) in [7, 11) is 1.68. The lowest BCUT2D eigenvalue weighted by Gasteiger charge is -2.57. The van der Waals surface area contributed by atoms with Gasteiger partial charge in [-0.15, -0.1) is 0 Å². The predicted octanol–water partition coefficient (Wildman–Crippen LogP) is 6.00. The minimum absolute atomic E-state index is 0.00964. The van der Waals surface area contributed by atoms with Gasteiger partial charge in [0, 0.05) is 35.7 Å². The van der Waals surface area contributed by atoms with Crippen LogP contribution in [0.2, 0.25) is 0 Å². The minimum Gasteiger partial charge on any atom is -0.504 e. The highest BCUT2D eigenvalue weighted by Gasteiger charge is 2.51. The van der Waals surface area contributed by atoms with E-state index < -0.39 is 0 Å². The van der Waals surface area contributed by atoms with Gasteiger partial charge >= 0.3 is 6.03 Å². The van der Waals surface area contributed by atoms with Crippen molar-refractivity contribution in [2.45, 2.75) is 64.0 Å². The monoisotopic (exact) mass is 517 g/mol. The number of carbonyl (C=O) groups excluding carboxylic acids is 1. The molecule has 7 rings (SSSR count). The lowest BCUT2D eigenvalue weighted by molar-refractivity contribution is -0.0158. The number of phenols is 1. The second-order valence-corrected chi connectivity index (χ2v) is 11.8. The molecule has 0 saturated heterocycles. The number of aromatic nitrogens is 1. The Bertz CT molecular complexity index is 1280. The number of hydrogen-bond donors (Lipinski definition) is 3. The highest BCUT2D eigenvalue weighted by Crippen LogP contribution is 2.55. The fraction of sp³-hybridized carbons (Fsp3) is 0.516. The number of aromatic hydroxyl groups is 1. The third-order valence-electron chi connectivity index (χ3n) is 9.02. The standard InChI is InChI=1S/C31H39N3O4/c1-3-38-29-13-20(4-7-28(29)35)19-34(9-8-24-18-32-27-6-5-25(37-2)14-26(24)27)30(36)33-31-15-21-10-22(16-31)12-23(11-21)17-31/h4-7,13-14,18,21-23,32,35H,3,8-12,15-17,19H2,1-2H3,(H,33,36). The molecule has 202 valence electrons. The number of carbonyl (C=O) groups is 1. The number of fused-ring (bicyclic) bond motifs is 1. The summed E-state index contributed by atoms with van der Waals surface area (Å²) < 4.78 is 11.1. The van der Waals surface area contributed by atoms with Gasteiger partial charge in [0.15, 0.2) is 11.5 Å². The maximum atomic E-state index is 13.9. The van der Waals surface area contributed by atoms with Crippen LogP contribution in [0.15, 0.2) is 42.6 Å². The van der Waals surface area contributed by atoms with E-state index in [0.29, 0.717) is 25.4 Å². The number of nitrogens with one attached hydrogen (secondary N) is 2. The van der Waals surface area contributed by atoms with Crippen molar-refractivity contribution in [3.05, 3.63) is 53.7 Å². The van der Waals surface area contributed by atoms with Crippen LogP contribution < -0.4 is 14.8 Å². The topological polar surface area (TPSA) is 86.8 Å². The zero-order chi connectivity index (χ0) is 26.3. The second-order valence-electron chi connectivity index (χ2n) is 11.8. The number of rotatable bonds is 9. The first kappa shape index (κ1) is 25.0. The van der Waals surface area contributed by atoms with Crippen molar-refractivity contribution in [3.63, 3.8) is 0 Å². The Balaban J connectivity index is 1.24. The predicted molar refractivity (Wildman–Crippen MR) is 148 cm³/mol. The molecule has 0 aliphatic heterocycles. The zero-order valence-corrected chi connectivity index (χ0v) is 22.5. The van der Waals surface area contributed by atoms with Gasteiger partial charge in [-0.3, -0.25) is 0 Å². The van der Waals surface area contributed by atoms with Crippen molar-refractivity contribution >= 4 is 16.9 Å². The summed E-state index contributed by atoms with van der Waals surface area (Å²) in [5, 5.41) is 14.9. The summed E-state index contributed by atoms with van der Waals surface area (Å²) in [5.74, 6) is 3.69. The first-order chi connectivity index (χ1) is 18.4. The largest absolute Gasteiger partial charge is 0.504 e. The molecule has 4 aliphatic rings. The number of aromatic amines is 1. The second kappa shape index (κ2) is 10.1. The van der Waals surface area contributed by atoms with Crippen LogP contribution in [0.4, 0.5) is 4.79 Å². The van der Waals surface area contributed by atoms with E-state index in [0.717, 1.165) is 71.2 Å². The number of amides is 2. The van der Waals surface area contributed by atoms with Crippen LogP contribution in [0, 0.1) is 17.8 Å². The fourth-order valence-corrected chi connectivity index (χ4v) is 7.72. The van der Waals surface area contributed by atoms with Gasteiger partial charge in [-0.2, -0.15) is 0 Å². The van der Waals surface area contributed by atoms with E-state index >= 15 is 0 Å². The number of H-pyrrole nitrogens is 1. The Morgan fingerprint density at radius 1 is 1.11 bits per heavy atom. The Morgan fingerprint density at radius 3 is 2.53 bits per heavy atom. The molecule has 4 bridgehead atoms. The van der Waals surface area contributed by atoms with Gasteiger partial charge in [0.1, 0.15) is 5.75 Å². The number of phenolic OH excluding ortho intramolecular Hbond substituents is 1. The van der Waals surface area contributed by atoms with Crippen LogP contribution in [0.25, 0.3) is 10.9 Å². The fourth-order valence-electron chi connectivity index (χ4n) is 7.72. The normalized spacial score (nSPS) is 25.5. The van der Waals surface area contributed by atoms with Crippen molar-refractivity contribution in [3.8, 4) is 17.2 Å². The van der Waals surface area contributed by atoms with Crippen LogP contribution in [-0.4, -0.2) is 46.8 Å². The Hall–Kier alpha value is -3.35. The van der Waals surface area contributed by atoms with Crippen LogP contribution in [-0.2, 0) is 13.0 Å². The molecule has 2 amide bonds. The first-order valence-corrected chi connectivity index (χ1v) is 14.1. The SMILES string of the molecule is CCOc1cc(CN(CCc2c[nH]c3ccc(OC)cc23)C(=O)NC23CC4CC(CC(C4)C2)C3)ccc1O. The zero-order valence-electron chi connectivity index (χ0n) is 22.5. The lowest BCUT2D eigenvalue weighted by Crippen LogP contribution is -2.61. The molecule has 38 heavy (non-hydrogen) atoms. The molecular weight excluding hydrogens is 478 g/mol. The molecule has 0 radical (unpaired) electrons. The molecule has 2 aromatic carbocycles. The summed E-state index contributed by atoms with van der Waals surface area (Å²) in [6.07, 6.45) is 10.1. The summed E-state index contributed by atoms with van der Waals surface area (Å²) in [5.41, 5.74) is 3.11. The summed E-state index contributed by atoms with van der Waals surface area (Å²) in [4.78, 5) is 19.2. The van der Waals surface area contributed by atoms with E-state index in [2.05, 4.69) is 16.4 Å². The third-order valence-corrected chi connectivity index (χ3v) is 9.02. The molecule has 0 unspecified atom stereocenters. The number of hydrogen-bond acceptors (Lipinski definition) is 4. The average Bonchev–Trinajstić information content (AvgIpc) is 3.29.